The van der Waals surface area contributed by atoms with Crippen LogP contribution in [0.15, 0.2) is 30.3 Å². The lowest BCUT2D eigenvalue weighted by atomic mass is 10.0. The summed E-state index contributed by atoms with van der Waals surface area (Å²) in [5, 5.41) is 2.71. The zero-order valence-corrected chi connectivity index (χ0v) is 12.8. The third kappa shape index (κ3) is 6.79. The third-order valence-electron chi connectivity index (χ3n) is 3.01. The summed E-state index contributed by atoms with van der Waals surface area (Å²) in [7, 11) is 0. The highest BCUT2D eigenvalue weighted by atomic mass is 16.5. The highest BCUT2D eigenvalue weighted by Gasteiger charge is 2.21. The van der Waals surface area contributed by atoms with Crippen LogP contribution in [0.3, 0.4) is 0 Å². The Hall–Kier alpha value is -2.04. The first-order chi connectivity index (χ1) is 10.0. The molecule has 0 bridgehead atoms. The van der Waals surface area contributed by atoms with Gasteiger partial charge in [0.25, 0.3) is 0 Å². The van der Waals surface area contributed by atoms with Crippen LogP contribution in [0.4, 0.5) is 4.79 Å². The molecular formula is C16H23NO4. The zero-order valence-electron chi connectivity index (χ0n) is 12.8. The fraction of sp³-hybridized carbons (Fsp3) is 0.500. The molecule has 21 heavy (non-hydrogen) atoms. The van der Waals surface area contributed by atoms with Crippen LogP contribution >= 0.6 is 0 Å². The molecule has 0 aliphatic rings. The molecule has 0 fully saturated rings. The lowest BCUT2D eigenvalue weighted by Crippen LogP contribution is -2.40. The summed E-state index contributed by atoms with van der Waals surface area (Å²) in [5.41, 5.74) is 0.916. The highest BCUT2D eigenvalue weighted by molar-refractivity contribution is 5.72. The Morgan fingerprint density at radius 1 is 1.14 bits per heavy atom. The van der Waals surface area contributed by atoms with E-state index in [1.807, 2.05) is 44.2 Å². The van der Waals surface area contributed by atoms with Crippen molar-refractivity contribution in [2.75, 3.05) is 6.61 Å². The molecule has 1 unspecified atom stereocenters. The third-order valence-corrected chi connectivity index (χ3v) is 3.01. The predicted octanol–water partition coefficient (Wildman–Crippen LogP) is 2.89. The second-order valence-electron chi connectivity index (χ2n) is 5.07. The first kappa shape index (κ1) is 17.0. The standard InChI is InChI=1S/C16H23NO4/c1-4-20-15(18)10-14(12(2)3)17-16(19)21-11-13-8-6-5-7-9-13/h5-9,12,14H,4,10-11H2,1-3H3,(H,17,19). The number of carbonyl (C=O) groups is 2. The summed E-state index contributed by atoms with van der Waals surface area (Å²) in [4.78, 5) is 23.3. The van der Waals surface area contributed by atoms with Crippen molar-refractivity contribution >= 4 is 12.1 Å². The van der Waals surface area contributed by atoms with Crippen molar-refractivity contribution in [1.82, 2.24) is 5.32 Å². The number of alkyl carbamates (subject to hydrolysis) is 1. The van der Waals surface area contributed by atoms with Crippen LogP contribution in [-0.2, 0) is 20.9 Å². The number of carbonyl (C=O) groups excluding carboxylic acids is 2. The van der Waals surface area contributed by atoms with Crippen LogP contribution in [0.1, 0.15) is 32.8 Å². The quantitative estimate of drug-likeness (QED) is 0.785. The molecule has 1 aromatic carbocycles. The van der Waals surface area contributed by atoms with E-state index in [1.165, 1.54) is 0 Å². The number of ether oxygens (including phenoxy) is 2. The minimum atomic E-state index is -0.526. The van der Waals surface area contributed by atoms with E-state index in [9.17, 15) is 9.59 Å². The van der Waals surface area contributed by atoms with Crippen LogP contribution in [0.25, 0.3) is 0 Å². The maximum absolute atomic E-state index is 11.8. The van der Waals surface area contributed by atoms with Crippen LogP contribution < -0.4 is 5.32 Å². The van der Waals surface area contributed by atoms with Gasteiger partial charge in [-0.05, 0) is 18.4 Å². The number of nitrogens with one attached hydrogen (secondary N) is 1. The molecule has 1 amide bonds. The second-order valence-corrected chi connectivity index (χ2v) is 5.07. The van der Waals surface area contributed by atoms with Crippen molar-refractivity contribution in [3.05, 3.63) is 35.9 Å². The number of benzene rings is 1. The van der Waals surface area contributed by atoms with Crippen LogP contribution in [0.2, 0.25) is 0 Å². The van der Waals surface area contributed by atoms with Crippen molar-refractivity contribution in [3.8, 4) is 0 Å². The van der Waals surface area contributed by atoms with Gasteiger partial charge in [0.2, 0.25) is 0 Å². The fourth-order valence-corrected chi connectivity index (χ4v) is 1.77. The topological polar surface area (TPSA) is 64.6 Å². The molecule has 1 N–H and O–H groups in total. The normalized spacial score (nSPS) is 11.8. The van der Waals surface area contributed by atoms with Gasteiger partial charge >= 0.3 is 12.1 Å². The molecule has 0 saturated heterocycles. The van der Waals surface area contributed by atoms with Crippen molar-refractivity contribution in [2.24, 2.45) is 5.92 Å². The summed E-state index contributed by atoms with van der Waals surface area (Å²) in [6.07, 6.45) is -0.381. The van der Waals surface area contributed by atoms with Gasteiger partial charge < -0.3 is 14.8 Å². The molecule has 0 heterocycles. The fourth-order valence-electron chi connectivity index (χ4n) is 1.77. The largest absolute Gasteiger partial charge is 0.466 e. The van der Waals surface area contributed by atoms with E-state index in [2.05, 4.69) is 5.32 Å². The number of esters is 1. The van der Waals surface area contributed by atoms with Crippen molar-refractivity contribution in [2.45, 2.75) is 39.8 Å². The summed E-state index contributed by atoms with van der Waals surface area (Å²) >= 11 is 0. The molecule has 0 radical (unpaired) electrons. The van der Waals surface area contributed by atoms with Gasteiger partial charge in [-0.15, -0.1) is 0 Å². The molecule has 0 aliphatic carbocycles. The lowest BCUT2D eigenvalue weighted by Gasteiger charge is -2.21. The molecule has 0 aromatic heterocycles. The van der Waals surface area contributed by atoms with Gasteiger partial charge in [0.15, 0.2) is 0 Å². The van der Waals surface area contributed by atoms with Gasteiger partial charge in [-0.2, -0.15) is 0 Å². The van der Waals surface area contributed by atoms with E-state index in [0.29, 0.717) is 6.61 Å². The number of hydrogen-bond donors (Lipinski definition) is 1. The maximum Gasteiger partial charge on any atom is 0.407 e. The molecular weight excluding hydrogens is 270 g/mol. The average molecular weight is 293 g/mol. The number of amides is 1. The maximum atomic E-state index is 11.8. The van der Waals surface area contributed by atoms with Gasteiger partial charge in [0.05, 0.1) is 13.0 Å². The lowest BCUT2D eigenvalue weighted by molar-refractivity contribution is -0.143. The summed E-state index contributed by atoms with van der Waals surface area (Å²) < 4.78 is 10.1. The highest BCUT2D eigenvalue weighted by Crippen LogP contribution is 2.08. The first-order valence-corrected chi connectivity index (χ1v) is 7.15. The minimum absolute atomic E-state index is 0.110. The Balaban J connectivity index is 2.43. The van der Waals surface area contributed by atoms with Gasteiger partial charge in [-0.1, -0.05) is 44.2 Å². The SMILES string of the molecule is CCOC(=O)CC(NC(=O)OCc1ccccc1)C(C)C. The molecule has 5 nitrogen and oxygen atoms in total. The molecule has 0 spiro atoms. The summed E-state index contributed by atoms with van der Waals surface area (Å²) in [5.74, 6) is -0.210. The summed E-state index contributed by atoms with van der Waals surface area (Å²) in [6.45, 7) is 6.16. The summed E-state index contributed by atoms with van der Waals surface area (Å²) in [6, 6.07) is 9.13. The molecule has 0 saturated carbocycles. The Bertz CT molecular complexity index is 445. The van der Waals surface area contributed by atoms with Gasteiger partial charge in [0, 0.05) is 6.04 Å². The Kier molecular flexibility index (Phi) is 7.29. The Labute approximate surface area is 125 Å². The first-order valence-electron chi connectivity index (χ1n) is 7.15. The van der Waals surface area contributed by atoms with Gasteiger partial charge in [-0.3, -0.25) is 4.79 Å². The van der Waals surface area contributed by atoms with E-state index in [4.69, 9.17) is 9.47 Å². The second kappa shape index (κ2) is 9.00. The Morgan fingerprint density at radius 2 is 1.81 bits per heavy atom. The van der Waals surface area contributed by atoms with E-state index in [-0.39, 0.29) is 31.0 Å². The van der Waals surface area contributed by atoms with Crippen molar-refractivity contribution in [3.63, 3.8) is 0 Å². The monoisotopic (exact) mass is 293 g/mol. The van der Waals surface area contributed by atoms with Crippen molar-refractivity contribution in [1.29, 1.82) is 0 Å². The Morgan fingerprint density at radius 3 is 2.38 bits per heavy atom. The van der Waals surface area contributed by atoms with E-state index >= 15 is 0 Å². The molecule has 0 aliphatic heterocycles. The van der Waals surface area contributed by atoms with E-state index in [1.54, 1.807) is 6.92 Å². The zero-order chi connectivity index (χ0) is 15.7. The van der Waals surface area contributed by atoms with E-state index < -0.39 is 6.09 Å². The van der Waals surface area contributed by atoms with Crippen molar-refractivity contribution < 1.29 is 19.1 Å². The minimum Gasteiger partial charge on any atom is -0.466 e. The van der Waals surface area contributed by atoms with Crippen LogP contribution in [0.5, 0.6) is 0 Å². The van der Waals surface area contributed by atoms with Gasteiger partial charge in [-0.25, -0.2) is 4.79 Å². The smallest absolute Gasteiger partial charge is 0.407 e. The van der Waals surface area contributed by atoms with Crippen LogP contribution in [-0.4, -0.2) is 24.7 Å². The van der Waals surface area contributed by atoms with E-state index in [0.717, 1.165) is 5.56 Å². The number of hydrogen-bond acceptors (Lipinski definition) is 4. The van der Waals surface area contributed by atoms with Gasteiger partial charge in [0.1, 0.15) is 6.61 Å². The molecule has 116 valence electrons. The molecule has 1 rings (SSSR count). The molecule has 1 atom stereocenters. The van der Waals surface area contributed by atoms with Crippen LogP contribution in [0, 0.1) is 5.92 Å². The average Bonchev–Trinajstić information content (AvgIpc) is 2.45. The molecule has 1 aromatic rings. The predicted molar refractivity (Wildman–Crippen MR) is 79.6 cm³/mol. The number of rotatable bonds is 7. The molecule has 5 heteroatoms.